The molecular formula is C10H10N6O. The van der Waals surface area contributed by atoms with E-state index in [-0.39, 0.29) is 5.91 Å². The van der Waals surface area contributed by atoms with Gasteiger partial charge < -0.3 is 0 Å². The lowest BCUT2D eigenvalue weighted by atomic mass is 10.1. The fourth-order valence-electron chi connectivity index (χ4n) is 1.86. The van der Waals surface area contributed by atoms with E-state index in [2.05, 4.69) is 15.4 Å². The fourth-order valence-corrected chi connectivity index (χ4v) is 1.86. The lowest BCUT2D eigenvalue weighted by molar-refractivity contribution is -0.136. The smallest absolute Gasteiger partial charge is 0.270 e. The summed E-state index contributed by atoms with van der Waals surface area (Å²) in [5.41, 5.74) is 0.869. The van der Waals surface area contributed by atoms with Crippen LogP contribution in [-0.2, 0) is 4.79 Å². The van der Waals surface area contributed by atoms with Gasteiger partial charge in [-0.15, -0.1) is 10.2 Å². The van der Waals surface area contributed by atoms with Crippen molar-refractivity contribution in [3.63, 3.8) is 0 Å². The van der Waals surface area contributed by atoms with Gasteiger partial charge >= 0.3 is 0 Å². The second kappa shape index (κ2) is 3.63. The molecule has 2 N–H and O–H groups in total. The summed E-state index contributed by atoms with van der Waals surface area (Å²) < 4.78 is 0. The van der Waals surface area contributed by atoms with E-state index in [1.165, 1.54) is 0 Å². The number of nitrogens with two attached hydrogens (primary N) is 1. The van der Waals surface area contributed by atoms with Crippen molar-refractivity contribution in [3.05, 3.63) is 30.3 Å². The second-order valence-electron chi connectivity index (χ2n) is 3.77. The quantitative estimate of drug-likeness (QED) is 0.563. The summed E-state index contributed by atoms with van der Waals surface area (Å²) >= 11 is 0. The van der Waals surface area contributed by atoms with Crippen molar-refractivity contribution in [1.29, 1.82) is 0 Å². The molecule has 2 aliphatic heterocycles. The predicted octanol–water partition coefficient (Wildman–Crippen LogP) is 0.518. The van der Waals surface area contributed by atoms with E-state index in [0.717, 1.165) is 10.8 Å². The number of hydrogen-bond acceptors (Lipinski definition) is 6. The van der Waals surface area contributed by atoms with Crippen LogP contribution < -0.4 is 10.9 Å². The summed E-state index contributed by atoms with van der Waals surface area (Å²) in [6.45, 7) is 0. The van der Waals surface area contributed by atoms with Gasteiger partial charge in [0, 0.05) is 6.21 Å². The highest BCUT2D eigenvalue weighted by Gasteiger charge is 2.41. The van der Waals surface area contributed by atoms with Crippen LogP contribution in [0.3, 0.4) is 0 Å². The van der Waals surface area contributed by atoms with Gasteiger partial charge in [0.2, 0.25) is 0 Å². The van der Waals surface area contributed by atoms with E-state index in [1.54, 1.807) is 11.2 Å². The topological polar surface area (TPSA) is 86.7 Å². The van der Waals surface area contributed by atoms with Gasteiger partial charge in [-0.3, -0.25) is 4.79 Å². The molecule has 0 radical (unpaired) electrons. The molecule has 86 valence electrons. The minimum Gasteiger partial charge on any atom is -0.270 e. The van der Waals surface area contributed by atoms with Crippen LogP contribution in [0.4, 0.5) is 5.69 Å². The summed E-state index contributed by atoms with van der Waals surface area (Å²) in [7, 11) is 0. The molecule has 7 heteroatoms. The van der Waals surface area contributed by atoms with Crippen molar-refractivity contribution in [3.8, 4) is 0 Å². The first kappa shape index (κ1) is 9.91. The Morgan fingerprint density at radius 2 is 2.00 bits per heavy atom. The van der Waals surface area contributed by atoms with Gasteiger partial charge in [-0.05, 0) is 12.1 Å². The van der Waals surface area contributed by atoms with Crippen LogP contribution in [0.5, 0.6) is 0 Å². The minimum atomic E-state index is -0.460. The molecule has 0 aliphatic carbocycles. The monoisotopic (exact) mass is 230 g/mol. The van der Waals surface area contributed by atoms with E-state index >= 15 is 0 Å². The van der Waals surface area contributed by atoms with Gasteiger partial charge in [-0.25, -0.2) is 10.9 Å². The van der Waals surface area contributed by atoms with Crippen LogP contribution in [-0.4, -0.2) is 23.4 Å². The Balaban J connectivity index is 1.94. The summed E-state index contributed by atoms with van der Waals surface area (Å²) in [5, 5.41) is 14.2. The average molecular weight is 230 g/mol. The molecule has 0 saturated carbocycles. The Labute approximate surface area is 97.2 Å². The maximum absolute atomic E-state index is 11.7. The van der Waals surface area contributed by atoms with E-state index < -0.39 is 12.1 Å². The highest BCUT2D eigenvalue weighted by Crippen LogP contribution is 2.29. The number of hydrogen-bond donors (Lipinski definition) is 1. The van der Waals surface area contributed by atoms with Crippen molar-refractivity contribution in [2.75, 3.05) is 5.01 Å². The number of anilines is 1. The summed E-state index contributed by atoms with van der Waals surface area (Å²) in [6, 6.07) is 9.50. The summed E-state index contributed by atoms with van der Waals surface area (Å²) in [4.78, 5) is 11.7. The number of amides is 1. The Morgan fingerprint density at radius 1 is 1.24 bits per heavy atom. The molecule has 1 amide bonds. The number of carbonyl (C=O) groups excluding carboxylic acids is 1. The molecule has 0 bridgehead atoms. The van der Waals surface area contributed by atoms with Crippen molar-refractivity contribution in [2.24, 2.45) is 27.2 Å². The summed E-state index contributed by atoms with van der Waals surface area (Å²) in [5.74, 6) is 4.60. The first-order valence-electron chi connectivity index (χ1n) is 5.15. The van der Waals surface area contributed by atoms with E-state index in [1.807, 2.05) is 30.3 Å². The molecule has 2 aliphatic rings. The molecule has 2 heterocycles. The van der Waals surface area contributed by atoms with Gasteiger partial charge in [0.05, 0.1) is 5.69 Å². The number of para-hydroxylation sites is 1. The van der Waals surface area contributed by atoms with Gasteiger partial charge in [-0.2, -0.15) is 5.10 Å². The molecule has 2 unspecified atom stereocenters. The van der Waals surface area contributed by atoms with E-state index in [0.29, 0.717) is 0 Å². The number of fused-ring (bicyclic) bond motifs is 1. The zero-order valence-electron chi connectivity index (χ0n) is 8.84. The third-order valence-corrected chi connectivity index (χ3v) is 2.72. The Bertz CT molecular complexity index is 499. The van der Waals surface area contributed by atoms with Crippen LogP contribution in [0, 0.1) is 5.92 Å². The standard InChI is InChI=1S/C10H10N6O/c11-16-10(17)8-6-12-15(9(8)13-14-16)7-4-2-1-3-5-7/h1-6,8-9H,11H2. The van der Waals surface area contributed by atoms with Gasteiger partial charge in [0.15, 0.2) is 6.17 Å². The molecule has 1 aromatic carbocycles. The van der Waals surface area contributed by atoms with Crippen molar-refractivity contribution in [2.45, 2.75) is 6.17 Å². The largest absolute Gasteiger partial charge is 0.271 e. The summed E-state index contributed by atoms with van der Waals surface area (Å²) in [6.07, 6.45) is 1.13. The van der Waals surface area contributed by atoms with Crippen molar-refractivity contribution < 1.29 is 4.79 Å². The number of hydrazine groups is 1. The number of rotatable bonds is 1. The molecule has 0 aromatic heterocycles. The molecule has 7 nitrogen and oxygen atoms in total. The number of nitrogens with zero attached hydrogens (tertiary/aromatic N) is 5. The molecule has 0 saturated heterocycles. The van der Waals surface area contributed by atoms with Crippen LogP contribution in [0.1, 0.15) is 0 Å². The van der Waals surface area contributed by atoms with Crippen molar-refractivity contribution in [1.82, 2.24) is 5.12 Å². The maximum atomic E-state index is 11.7. The molecule has 0 fully saturated rings. The molecule has 0 spiro atoms. The molecule has 3 rings (SSSR count). The highest BCUT2D eigenvalue weighted by atomic mass is 16.2. The SMILES string of the molecule is NN1N=NC2C(C=NN2c2ccccc2)C1=O. The lowest BCUT2D eigenvalue weighted by Crippen LogP contribution is -2.47. The first-order chi connectivity index (χ1) is 8.27. The van der Waals surface area contributed by atoms with Crippen LogP contribution in [0.25, 0.3) is 0 Å². The number of carbonyl (C=O) groups is 1. The zero-order chi connectivity index (χ0) is 11.8. The normalized spacial score (nSPS) is 26.5. The highest BCUT2D eigenvalue weighted by molar-refractivity contribution is 5.96. The number of benzene rings is 1. The number of hydrazone groups is 1. The van der Waals surface area contributed by atoms with Crippen LogP contribution in [0.2, 0.25) is 0 Å². The first-order valence-corrected chi connectivity index (χ1v) is 5.15. The average Bonchev–Trinajstić information content (AvgIpc) is 2.79. The van der Waals surface area contributed by atoms with Gasteiger partial charge in [-0.1, -0.05) is 23.4 Å². The molecule has 2 atom stereocenters. The molecule has 1 aromatic rings. The Morgan fingerprint density at radius 3 is 2.76 bits per heavy atom. The predicted molar refractivity (Wildman–Crippen MR) is 60.6 cm³/mol. The third-order valence-electron chi connectivity index (χ3n) is 2.72. The Kier molecular flexibility index (Phi) is 2.12. The Hall–Kier alpha value is -2.28. The van der Waals surface area contributed by atoms with E-state index in [9.17, 15) is 4.79 Å². The fraction of sp³-hybridized carbons (Fsp3) is 0.200. The maximum Gasteiger partial charge on any atom is 0.271 e. The molecule has 17 heavy (non-hydrogen) atoms. The van der Waals surface area contributed by atoms with Gasteiger partial charge in [0.1, 0.15) is 5.92 Å². The third kappa shape index (κ3) is 1.48. The van der Waals surface area contributed by atoms with Crippen molar-refractivity contribution >= 4 is 17.8 Å². The van der Waals surface area contributed by atoms with Crippen LogP contribution >= 0.6 is 0 Å². The second-order valence-corrected chi connectivity index (χ2v) is 3.77. The zero-order valence-corrected chi connectivity index (χ0v) is 8.84. The minimum absolute atomic E-state index is 0.299. The van der Waals surface area contributed by atoms with Crippen LogP contribution in [0.15, 0.2) is 45.8 Å². The lowest BCUT2D eigenvalue weighted by Gasteiger charge is -2.26. The van der Waals surface area contributed by atoms with E-state index in [4.69, 9.17) is 5.84 Å². The molecular weight excluding hydrogens is 220 g/mol. The van der Waals surface area contributed by atoms with Gasteiger partial charge in [0.25, 0.3) is 5.91 Å².